The fourth-order valence-electron chi connectivity index (χ4n) is 3.35. The summed E-state index contributed by atoms with van der Waals surface area (Å²) >= 11 is 1.45. The number of aryl methyl sites for hydroxylation is 2. The number of aromatic nitrogens is 2. The molecule has 0 bridgehead atoms. The molecular weight excluding hydrogens is 380 g/mol. The Labute approximate surface area is 177 Å². The van der Waals surface area contributed by atoms with Crippen LogP contribution >= 0.6 is 11.8 Å². The fraction of sp³-hybridized carbons (Fsp3) is 0.304. The lowest BCUT2D eigenvalue weighted by Gasteiger charge is -2.25. The minimum atomic E-state index is 0.00718. The topological polar surface area (TPSA) is 50.2 Å². The first kappa shape index (κ1) is 21.1. The lowest BCUT2D eigenvalue weighted by molar-refractivity contribution is -0.118. The van der Waals surface area contributed by atoms with Crippen LogP contribution in [0.5, 0.6) is 0 Å². The van der Waals surface area contributed by atoms with E-state index in [2.05, 4.69) is 59.4 Å². The third-order valence-corrected chi connectivity index (χ3v) is 5.69. The number of nitrogens with zero attached hydrogens (tertiary/aromatic N) is 3. The van der Waals surface area contributed by atoms with E-state index in [4.69, 9.17) is 0 Å². The summed E-state index contributed by atoms with van der Waals surface area (Å²) in [7, 11) is 4.05. The van der Waals surface area contributed by atoms with Gasteiger partial charge in [-0.1, -0.05) is 48.2 Å². The van der Waals surface area contributed by atoms with Crippen LogP contribution < -0.4 is 5.32 Å². The Morgan fingerprint density at radius 1 is 1.14 bits per heavy atom. The summed E-state index contributed by atoms with van der Waals surface area (Å²) in [6.45, 7) is 4.74. The van der Waals surface area contributed by atoms with E-state index >= 15 is 0 Å². The van der Waals surface area contributed by atoms with Gasteiger partial charge in [-0.25, -0.2) is 4.98 Å². The van der Waals surface area contributed by atoms with Crippen LogP contribution in [0.3, 0.4) is 0 Å². The summed E-state index contributed by atoms with van der Waals surface area (Å²) in [6.07, 6.45) is 3.71. The minimum Gasteiger partial charge on any atom is -0.353 e. The Morgan fingerprint density at radius 3 is 2.48 bits per heavy atom. The van der Waals surface area contributed by atoms with Crippen LogP contribution in [0.4, 0.5) is 0 Å². The van der Waals surface area contributed by atoms with Gasteiger partial charge in [-0.05, 0) is 56.8 Å². The molecule has 3 aromatic rings. The van der Waals surface area contributed by atoms with Crippen molar-refractivity contribution in [1.82, 2.24) is 19.8 Å². The van der Waals surface area contributed by atoms with E-state index in [0.29, 0.717) is 12.3 Å². The summed E-state index contributed by atoms with van der Waals surface area (Å²) in [5.41, 5.74) is 4.67. The largest absolute Gasteiger partial charge is 0.353 e. The molecule has 0 saturated carbocycles. The monoisotopic (exact) mass is 408 g/mol. The summed E-state index contributed by atoms with van der Waals surface area (Å²) in [4.78, 5) is 19.0. The van der Waals surface area contributed by atoms with E-state index < -0.39 is 0 Å². The molecule has 0 aliphatic rings. The number of thioether (sulfide) groups is 1. The number of likely N-dealkylation sites (N-methyl/N-ethyl adjacent to an activating group) is 1. The molecule has 0 radical (unpaired) electrons. The predicted octanol–water partition coefficient (Wildman–Crippen LogP) is 4.00. The maximum Gasteiger partial charge on any atom is 0.230 e. The minimum absolute atomic E-state index is 0.00718. The Bertz CT molecular complexity index is 932. The number of carbonyl (C=O) groups is 1. The number of carbonyl (C=O) groups excluding carboxylic acids is 1. The molecule has 0 spiro atoms. The summed E-state index contributed by atoms with van der Waals surface area (Å²) < 4.78 is 2.03. The van der Waals surface area contributed by atoms with Gasteiger partial charge in [-0.15, -0.1) is 0 Å². The van der Waals surface area contributed by atoms with Crippen molar-refractivity contribution in [3.05, 3.63) is 77.6 Å². The maximum absolute atomic E-state index is 12.5. The molecule has 0 saturated heterocycles. The Hall–Kier alpha value is -2.57. The standard InChI is InChI=1S/C23H28N4OS/c1-17-12-18(2)14-20(13-17)27-11-10-24-23(27)29-16-22(28)25-15-21(26(3)4)19-8-6-5-7-9-19/h5-14,21H,15-16H2,1-4H3,(H,25,28). The normalized spacial score (nSPS) is 12.2. The van der Waals surface area contributed by atoms with Crippen molar-refractivity contribution in [3.8, 4) is 5.69 Å². The smallest absolute Gasteiger partial charge is 0.230 e. The van der Waals surface area contributed by atoms with E-state index in [-0.39, 0.29) is 11.9 Å². The van der Waals surface area contributed by atoms with Gasteiger partial charge in [0.25, 0.3) is 0 Å². The van der Waals surface area contributed by atoms with Crippen molar-refractivity contribution in [2.24, 2.45) is 0 Å². The first-order chi connectivity index (χ1) is 13.9. The van der Waals surface area contributed by atoms with Gasteiger partial charge in [-0.3, -0.25) is 9.36 Å². The molecule has 0 fully saturated rings. The predicted molar refractivity (Wildman–Crippen MR) is 120 cm³/mol. The van der Waals surface area contributed by atoms with Crippen LogP contribution in [0.2, 0.25) is 0 Å². The number of benzene rings is 2. The van der Waals surface area contributed by atoms with E-state index in [0.717, 1.165) is 10.8 Å². The maximum atomic E-state index is 12.5. The number of hydrogen-bond acceptors (Lipinski definition) is 4. The van der Waals surface area contributed by atoms with E-state index in [9.17, 15) is 4.79 Å². The average molecular weight is 409 g/mol. The molecule has 1 N–H and O–H groups in total. The summed E-state index contributed by atoms with van der Waals surface area (Å²) in [5, 5.41) is 3.88. The van der Waals surface area contributed by atoms with Gasteiger partial charge in [0.2, 0.25) is 5.91 Å². The highest BCUT2D eigenvalue weighted by Gasteiger charge is 2.16. The van der Waals surface area contributed by atoms with Gasteiger partial charge in [0.1, 0.15) is 0 Å². The summed E-state index contributed by atoms with van der Waals surface area (Å²) in [5.74, 6) is 0.337. The molecular formula is C23H28N4OS. The second kappa shape index (κ2) is 9.76. The molecule has 3 rings (SSSR count). The lowest BCUT2D eigenvalue weighted by atomic mass is 10.1. The van der Waals surface area contributed by atoms with Gasteiger partial charge in [0.05, 0.1) is 11.8 Å². The highest BCUT2D eigenvalue weighted by atomic mass is 32.2. The molecule has 0 aliphatic heterocycles. The molecule has 1 amide bonds. The van der Waals surface area contributed by atoms with Gasteiger partial charge >= 0.3 is 0 Å². The molecule has 29 heavy (non-hydrogen) atoms. The highest BCUT2D eigenvalue weighted by Crippen LogP contribution is 2.22. The van der Waals surface area contributed by atoms with Crippen LogP contribution in [0.25, 0.3) is 5.69 Å². The average Bonchev–Trinajstić information content (AvgIpc) is 3.15. The van der Waals surface area contributed by atoms with Gasteiger partial charge in [-0.2, -0.15) is 0 Å². The fourth-order valence-corrected chi connectivity index (χ4v) is 4.15. The number of amides is 1. The first-order valence-electron chi connectivity index (χ1n) is 9.67. The van der Waals surface area contributed by atoms with Crippen molar-refractivity contribution in [2.75, 3.05) is 26.4 Å². The number of rotatable bonds is 8. The molecule has 152 valence electrons. The SMILES string of the molecule is Cc1cc(C)cc(-n2ccnc2SCC(=O)NCC(c2ccccc2)N(C)C)c1. The van der Waals surface area contributed by atoms with Crippen molar-refractivity contribution in [3.63, 3.8) is 0 Å². The molecule has 6 heteroatoms. The molecule has 1 aromatic heterocycles. The van der Waals surface area contributed by atoms with Crippen LogP contribution in [-0.4, -0.2) is 46.8 Å². The van der Waals surface area contributed by atoms with Gasteiger partial charge in [0.15, 0.2) is 5.16 Å². The Kier molecular flexibility index (Phi) is 7.12. The third kappa shape index (κ3) is 5.71. The molecule has 2 aromatic carbocycles. The second-order valence-electron chi connectivity index (χ2n) is 7.41. The van der Waals surface area contributed by atoms with Crippen molar-refractivity contribution >= 4 is 17.7 Å². The second-order valence-corrected chi connectivity index (χ2v) is 8.35. The van der Waals surface area contributed by atoms with Crippen LogP contribution in [0, 0.1) is 13.8 Å². The number of nitrogens with one attached hydrogen (secondary N) is 1. The van der Waals surface area contributed by atoms with E-state index in [1.807, 2.05) is 43.1 Å². The molecule has 0 aliphatic carbocycles. The van der Waals surface area contributed by atoms with Gasteiger partial charge < -0.3 is 10.2 Å². The zero-order chi connectivity index (χ0) is 20.8. The highest BCUT2D eigenvalue weighted by molar-refractivity contribution is 7.99. The summed E-state index contributed by atoms with van der Waals surface area (Å²) in [6, 6.07) is 16.8. The Balaban J connectivity index is 1.60. The third-order valence-electron chi connectivity index (χ3n) is 4.72. The van der Waals surface area contributed by atoms with Crippen molar-refractivity contribution in [2.45, 2.75) is 25.0 Å². The Morgan fingerprint density at radius 2 is 1.83 bits per heavy atom. The molecule has 1 heterocycles. The van der Waals surface area contributed by atoms with Crippen LogP contribution in [0.15, 0.2) is 66.1 Å². The number of imidazole rings is 1. The van der Waals surface area contributed by atoms with E-state index in [1.165, 1.54) is 28.5 Å². The van der Waals surface area contributed by atoms with Gasteiger partial charge in [0, 0.05) is 24.6 Å². The van der Waals surface area contributed by atoms with Crippen LogP contribution in [0.1, 0.15) is 22.7 Å². The quantitative estimate of drug-likeness (QED) is 0.573. The molecule has 1 atom stereocenters. The zero-order valence-corrected chi connectivity index (χ0v) is 18.2. The lowest BCUT2D eigenvalue weighted by Crippen LogP contribution is -2.35. The molecule has 5 nitrogen and oxygen atoms in total. The first-order valence-corrected chi connectivity index (χ1v) is 10.7. The molecule has 1 unspecified atom stereocenters. The van der Waals surface area contributed by atoms with Crippen molar-refractivity contribution in [1.29, 1.82) is 0 Å². The van der Waals surface area contributed by atoms with Crippen LogP contribution in [-0.2, 0) is 4.79 Å². The zero-order valence-electron chi connectivity index (χ0n) is 17.4. The van der Waals surface area contributed by atoms with Crippen molar-refractivity contribution < 1.29 is 4.79 Å². The number of hydrogen-bond donors (Lipinski definition) is 1. The van der Waals surface area contributed by atoms with E-state index in [1.54, 1.807) is 6.20 Å².